The molecule has 1 aliphatic rings. The summed E-state index contributed by atoms with van der Waals surface area (Å²) < 4.78 is 0. The van der Waals surface area contributed by atoms with Gasteiger partial charge < -0.3 is 26.2 Å². The van der Waals surface area contributed by atoms with Crippen LogP contribution in [-0.2, 0) is 9.59 Å². The zero-order valence-corrected chi connectivity index (χ0v) is 12.3. The van der Waals surface area contributed by atoms with Crippen molar-refractivity contribution in [1.29, 1.82) is 0 Å². The molecule has 1 heterocycles. The Bertz CT molecular complexity index is 424. The summed E-state index contributed by atoms with van der Waals surface area (Å²) in [6.07, 6.45) is 0.857. The van der Waals surface area contributed by atoms with Gasteiger partial charge in [0.15, 0.2) is 0 Å². The van der Waals surface area contributed by atoms with Crippen LogP contribution in [-0.4, -0.2) is 57.8 Å². The second-order valence-electron chi connectivity index (χ2n) is 5.90. The normalized spacial score (nSPS) is 25.0. The maximum Gasteiger partial charge on any atom is 0.317 e. The van der Waals surface area contributed by atoms with E-state index in [-0.39, 0.29) is 25.0 Å². The van der Waals surface area contributed by atoms with Crippen molar-refractivity contribution in [2.24, 2.45) is 11.7 Å². The van der Waals surface area contributed by atoms with Gasteiger partial charge in [-0.3, -0.25) is 9.59 Å². The molecule has 1 aliphatic heterocycles. The molecule has 1 fully saturated rings. The van der Waals surface area contributed by atoms with Crippen LogP contribution in [0.3, 0.4) is 0 Å². The zero-order chi connectivity index (χ0) is 16.2. The molecular weight excluding hydrogens is 278 g/mol. The van der Waals surface area contributed by atoms with E-state index in [4.69, 9.17) is 10.8 Å². The lowest BCUT2D eigenvalue weighted by molar-refractivity contribution is -0.141. The number of aliphatic hydroxyl groups is 1. The summed E-state index contributed by atoms with van der Waals surface area (Å²) in [7, 11) is 0. The Morgan fingerprint density at radius 3 is 2.52 bits per heavy atom. The smallest absolute Gasteiger partial charge is 0.317 e. The lowest BCUT2D eigenvalue weighted by atomic mass is 9.93. The molecule has 0 aromatic rings. The number of amides is 3. The number of nitrogens with zero attached hydrogens (tertiary/aromatic N) is 1. The molecule has 8 heteroatoms. The van der Waals surface area contributed by atoms with Crippen molar-refractivity contribution in [3.63, 3.8) is 0 Å². The SMILES string of the molecule is CC1CCC(C(N)=O)CN1C(=O)NCC(C)(O)CC(=O)O. The van der Waals surface area contributed by atoms with Crippen LogP contribution in [0, 0.1) is 5.92 Å². The number of carboxylic acid groups (broad SMARTS) is 1. The van der Waals surface area contributed by atoms with Crippen LogP contribution in [0.4, 0.5) is 4.79 Å². The number of urea groups is 1. The minimum Gasteiger partial charge on any atom is -0.481 e. The standard InChI is InChI=1S/C13H23N3O5/c1-8-3-4-9(11(14)19)6-16(8)12(20)15-7-13(2,21)5-10(17)18/h8-9,21H,3-7H2,1-2H3,(H2,14,19)(H,15,20)(H,17,18). The molecule has 8 nitrogen and oxygen atoms in total. The van der Waals surface area contributed by atoms with Crippen LogP contribution >= 0.6 is 0 Å². The van der Waals surface area contributed by atoms with E-state index >= 15 is 0 Å². The van der Waals surface area contributed by atoms with Crippen molar-refractivity contribution in [1.82, 2.24) is 10.2 Å². The molecule has 5 N–H and O–H groups in total. The Hall–Kier alpha value is -1.83. The van der Waals surface area contributed by atoms with Crippen LogP contribution in [0.2, 0.25) is 0 Å². The number of likely N-dealkylation sites (tertiary alicyclic amines) is 1. The Morgan fingerprint density at radius 2 is 2.00 bits per heavy atom. The molecule has 0 aromatic heterocycles. The molecule has 0 radical (unpaired) electrons. The average molecular weight is 301 g/mol. The van der Waals surface area contributed by atoms with E-state index in [0.29, 0.717) is 12.8 Å². The van der Waals surface area contributed by atoms with Gasteiger partial charge in [0.2, 0.25) is 5.91 Å². The van der Waals surface area contributed by atoms with Crippen LogP contribution in [0.15, 0.2) is 0 Å². The van der Waals surface area contributed by atoms with Gasteiger partial charge in [0, 0.05) is 19.1 Å². The molecule has 3 amide bonds. The minimum absolute atomic E-state index is 0.0370. The minimum atomic E-state index is -1.52. The predicted molar refractivity (Wildman–Crippen MR) is 74.4 cm³/mol. The molecule has 0 saturated carbocycles. The first-order valence-corrected chi connectivity index (χ1v) is 6.90. The largest absolute Gasteiger partial charge is 0.481 e. The van der Waals surface area contributed by atoms with E-state index in [9.17, 15) is 19.5 Å². The average Bonchev–Trinajstić information content (AvgIpc) is 2.34. The van der Waals surface area contributed by atoms with Gasteiger partial charge in [0.25, 0.3) is 0 Å². The molecule has 0 aliphatic carbocycles. The number of piperidine rings is 1. The zero-order valence-electron chi connectivity index (χ0n) is 12.3. The number of hydrogen-bond acceptors (Lipinski definition) is 4. The number of hydrogen-bond donors (Lipinski definition) is 4. The van der Waals surface area contributed by atoms with Gasteiger partial charge in [0.05, 0.1) is 17.9 Å². The highest BCUT2D eigenvalue weighted by Crippen LogP contribution is 2.21. The second-order valence-corrected chi connectivity index (χ2v) is 5.90. The highest BCUT2D eigenvalue weighted by Gasteiger charge is 2.33. The third-order valence-electron chi connectivity index (χ3n) is 3.70. The first kappa shape index (κ1) is 17.2. The number of rotatable bonds is 5. The van der Waals surface area contributed by atoms with Gasteiger partial charge in [-0.15, -0.1) is 0 Å². The molecule has 0 bridgehead atoms. The molecule has 21 heavy (non-hydrogen) atoms. The Morgan fingerprint density at radius 1 is 1.38 bits per heavy atom. The van der Waals surface area contributed by atoms with Crippen molar-refractivity contribution in [2.75, 3.05) is 13.1 Å². The summed E-state index contributed by atoms with van der Waals surface area (Å²) >= 11 is 0. The van der Waals surface area contributed by atoms with Gasteiger partial charge in [-0.05, 0) is 26.7 Å². The molecule has 0 spiro atoms. The predicted octanol–water partition coefficient (Wildman–Crippen LogP) is -0.492. The van der Waals surface area contributed by atoms with Gasteiger partial charge in [0.1, 0.15) is 0 Å². The number of carbonyl (C=O) groups is 3. The second kappa shape index (κ2) is 6.75. The number of nitrogens with one attached hydrogen (secondary N) is 1. The number of primary amides is 1. The van der Waals surface area contributed by atoms with E-state index < -0.39 is 29.9 Å². The van der Waals surface area contributed by atoms with Crippen LogP contribution in [0.25, 0.3) is 0 Å². The third-order valence-corrected chi connectivity index (χ3v) is 3.70. The monoisotopic (exact) mass is 301 g/mol. The number of carboxylic acids is 1. The highest BCUT2D eigenvalue weighted by atomic mass is 16.4. The Kier molecular flexibility index (Phi) is 5.54. The van der Waals surface area contributed by atoms with E-state index in [1.807, 2.05) is 6.92 Å². The van der Waals surface area contributed by atoms with Crippen LogP contribution in [0.5, 0.6) is 0 Å². The number of aliphatic carboxylic acids is 1. The maximum atomic E-state index is 12.1. The van der Waals surface area contributed by atoms with E-state index in [1.54, 1.807) is 0 Å². The van der Waals surface area contributed by atoms with Crippen molar-refractivity contribution in [3.05, 3.63) is 0 Å². The highest BCUT2D eigenvalue weighted by molar-refractivity contribution is 5.79. The van der Waals surface area contributed by atoms with Crippen LogP contribution < -0.4 is 11.1 Å². The summed E-state index contributed by atoms with van der Waals surface area (Å²) in [6.45, 7) is 3.27. The fourth-order valence-corrected chi connectivity index (χ4v) is 2.38. The summed E-state index contributed by atoms with van der Waals surface area (Å²) in [6, 6.07) is -0.468. The molecule has 1 saturated heterocycles. The van der Waals surface area contributed by atoms with Gasteiger partial charge in [-0.1, -0.05) is 0 Å². The van der Waals surface area contributed by atoms with Crippen molar-refractivity contribution in [3.8, 4) is 0 Å². The Labute approximate surface area is 123 Å². The third kappa shape index (κ3) is 5.22. The fourth-order valence-electron chi connectivity index (χ4n) is 2.38. The molecule has 3 atom stereocenters. The molecule has 3 unspecified atom stereocenters. The van der Waals surface area contributed by atoms with E-state index in [1.165, 1.54) is 11.8 Å². The van der Waals surface area contributed by atoms with Gasteiger partial charge in [-0.25, -0.2) is 4.79 Å². The van der Waals surface area contributed by atoms with Gasteiger partial charge in [-0.2, -0.15) is 0 Å². The first-order chi connectivity index (χ1) is 9.62. The van der Waals surface area contributed by atoms with Crippen molar-refractivity contribution in [2.45, 2.75) is 44.8 Å². The quantitative estimate of drug-likeness (QED) is 0.543. The lowest BCUT2D eigenvalue weighted by Gasteiger charge is -2.37. The fraction of sp³-hybridized carbons (Fsp3) is 0.769. The maximum absolute atomic E-state index is 12.1. The summed E-state index contributed by atoms with van der Waals surface area (Å²) in [5, 5.41) is 21.0. The lowest BCUT2D eigenvalue weighted by Crippen LogP contribution is -2.54. The van der Waals surface area contributed by atoms with Crippen molar-refractivity contribution >= 4 is 17.9 Å². The van der Waals surface area contributed by atoms with E-state index in [2.05, 4.69) is 5.32 Å². The first-order valence-electron chi connectivity index (χ1n) is 6.90. The molecule has 0 aromatic carbocycles. The van der Waals surface area contributed by atoms with Crippen LogP contribution in [0.1, 0.15) is 33.1 Å². The number of nitrogens with two attached hydrogens (primary N) is 1. The van der Waals surface area contributed by atoms with E-state index in [0.717, 1.165) is 0 Å². The summed E-state index contributed by atoms with van der Waals surface area (Å²) in [5.41, 5.74) is 3.75. The summed E-state index contributed by atoms with van der Waals surface area (Å²) in [5.74, 6) is -1.95. The summed E-state index contributed by atoms with van der Waals surface area (Å²) in [4.78, 5) is 35.4. The molecule has 120 valence electrons. The Balaban J connectivity index is 2.57. The topological polar surface area (TPSA) is 133 Å². The molecular formula is C13H23N3O5. The number of carbonyl (C=O) groups excluding carboxylic acids is 2. The van der Waals surface area contributed by atoms with Gasteiger partial charge >= 0.3 is 12.0 Å². The van der Waals surface area contributed by atoms with Crippen molar-refractivity contribution < 1.29 is 24.6 Å². The molecule has 1 rings (SSSR count).